The van der Waals surface area contributed by atoms with Crippen molar-refractivity contribution in [2.24, 2.45) is 0 Å². The molecule has 146 valence electrons. The lowest BCUT2D eigenvalue weighted by molar-refractivity contribution is 0.0409. The molecule has 0 saturated carbocycles. The van der Waals surface area contributed by atoms with Crippen LogP contribution in [-0.2, 0) is 12.8 Å². The Balaban J connectivity index is 1.64. The minimum absolute atomic E-state index is 1.04. The van der Waals surface area contributed by atoms with Crippen LogP contribution in [0.2, 0.25) is 0 Å². The molecule has 2 aliphatic rings. The summed E-state index contributed by atoms with van der Waals surface area (Å²) in [5.74, 6) is 0. The highest BCUT2D eigenvalue weighted by Gasteiger charge is 2.26. The molecule has 2 aliphatic carbocycles. The zero-order valence-corrected chi connectivity index (χ0v) is 17.3. The molecule has 0 aromatic heterocycles. The first-order chi connectivity index (χ1) is 13.8. The van der Waals surface area contributed by atoms with E-state index in [4.69, 9.17) is 0 Å². The van der Waals surface area contributed by atoms with Gasteiger partial charge in [0.2, 0.25) is 0 Å². The van der Waals surface area contributed by atoms with Crippen molar-refractivity contribution in [3.05, 3.63) is 82.2 Å². The Bertz CT molecular complexity index is 804. The van der Waals surface area contributed by atoms with Crippen molar-refractivity contribution in [2.75, 3.05) is 13.1 Å². The summed E-state index contributed by atoms with van der Waals surface area (Å²) < 4.78 is 0. The highest BCUT2D eigenvalue weighted by molar-refractivity contribution is 5.65. The van der Waals surface area contributed by atoms with E-state index in [1.165, 1.54) is 59.3 Å². The number of rotatable bonds is 9. The normalized spacial score (nSPS) is 14.4. The lowest BCUT2D eigenvalue weighted by Gasteiger charge is -2.40. The summed E-state index contributed by atoms with van der Waals surface area (Å²) in [4.78, 5) is 0. The molecule has 2 heteroatoms. The Hall–Kier alpha value is -2.48. The van der Waals surface area contributed by atoms with Gasteiger partial charge < -0.3 is 0 Å². The number of benzene rings is 2. The van der Waals surface area contributed by atoms with E-state index in [0.29, 0.717) is 0 Å². The van der Waals surface area contributed by atoms with Crippen LogP contribution in [0.3, 0.4) is 0 Å². The molecular formula is C26H32N2. The summed E-state index contributed by atoms with van der Waals surface area (Å²) in [6.07, 6.45) is 11.8. The molecule has 0 saturated heterocycles. The first kappa shape index (κ1) is 18.9. The first-order valence-corrected chi connectivity index (χ1v) is 10.9. The van der Waals surface area contributed by atoms with E-state index < -0.39 is 0 Å². The van der Waals surface area contributed by atoms with E-state index in [1.807, 2.05) is 0 Å². The molecule has 0 N–H and O–H groups in total. The second-order valence-electron chi connectivity index (χ2n) is 7.98. The van der Waals surface area contributed by atoms with Gasteiger partial charge in [-0.1, -0.05) is 75.2 Å². The monoisotopic (exact) mass is 372 g/mol. The van der Waals surface area contributed by atoms with Crippen molar-refractivity contribution in [1.29, 1.82) is 0 Å². The molecule has 0 aliphatic heterocycles. The summed E-state index contributed by atoms with van der Waals surface area (Å²) >= 11 is 0. The van der Waals surface area contributed by atoms with Crippen molar-refractivity contribution in [3.8, 4) is 0 Å². The third kappa shape index (κ3) is 3.87. The maximum absolute atomic E-state index is 2.59. The van der Waals surface area contributed by atoms with Crippen LogP contribution >= 0.6 is 0 Å². The van der Waals surface area contributed by atoms with Crippen LogP contribution in [0.4, 0.5) is 0 Å². The van der Waals surface area contributed by atoms with Gasteiger partial charge in [-0.2, -0.15) is 0 Å². The Morgan fingerprint density at radius 3 is 1.46 bits per heavy atom. The zero-order chi connectivity index (χ0) is 19.3. The molecule has 2 aromatic carbocycles. The fourth-order valence-corrected chi connectivity index (χ4v) is 4.31. The summed E-state index contributed by atoms with van der Waals surface area (Å²) in [7, 11) is 0. The van der Waals surface area contributed by atoms with Crippen LogP contribution in [0.25, 0.3) is 12.2 Å². The van der Waals surface area contributed by atoms with Gasteiger partial charge in [-0.3, -0.25) is 10.0 Å². The molecule has 28 heavy (non-hydrogen) atoms. The van der Waals surface area contributed by atoms with E-state index in [1.54, 1.807) is 0 Å². The maximum atomic E-state index is 2.59. The van der Waals surface area contributed by atoms with Crippen molar-refractivity contribution in [2.45, 2.75) is 52.4 Å². The second-order valence-corrected chi connectivity index (χ2v) is 7.98. The van der Waals surface area contributed by atoms with Crippen LogP contribution in [0.5, 0.6) is 0 Å². The first-order valence-electron chi connectivity index (χ1n) is 10.9. The zero-order valence-electron chi connectivity index (χ0n) is 17.3. The van der Waals surface area contributed by atoms with Gasteiger partial charge >= 0.3 is 0 Å². The molecule has 0 radical (unpaired) electrons. The SMILES string of the molecule is CCCCN(C1=Cc2ccccc2C1)N(CCCC)C1=Cc2ccccc2C1. The predicted molar refractivity (Wildman–Crippen MR) is 119 cm³/mol. The highest BCUT2D eigenvalue weighted by atomic mass is 15.6. The standard InChI is InChI=1S/C26H32N2/c1-3-5-15-27(25-17-21-11-7-8-12-22(21)18-25)28(16-6-4-2)26-19-23-13-9-10-14-24(23)20-26/h7-14,17,19H,3-6,15-16,18,20H2,1-2H3. The summed E-state index contributed by atoms with van der Waals surface area (Å²) in [6.45, 7) is 6.76. The van der Waals surface area contributed by atoms with E-state index >= 15 is 0 Å². The van der Waals surface area contributed by atoms with E-state index in [-0.39, 0.29) is 0 Å². The highest BCUT2D eigenvalue weighted by Crippen LogP contribution is 2.33. The van der Waals surface area contributed by atoms with Crippen molar-refractivity contribution < 1.29 is 0 Å². The number of hydrogen-bond acceptors (Lipinski definition) is 2. The minimum Gasteiger partial charge on any atom is -0.289 e. The number of fused-ring (bicyclic) bond motifs is 2. The van der Waals surface area contributed by atoms with Crippen molar-refractivity contribution in [1.82, 2.24) is 10.0 Å². The largest absolute Gasteiger partial charge is 0.289 e. The molecule has 0 bridgehead atoms. The quantitative estimate of drug-likeness (QED) is 0.477. The van der Waals surface area contributed by atoms with Gasteiger partial charge in [-0.05, 0) is 47.2 Å². The summed E-state index contributed by atoms with van der Waals surface area (Å²) in [5, 5.41) is 5.19. The fourth-order valence-electron chi connectivity index (χ4n) is 4.31. The van der Waals surface area contributed by atoms with Crippen LogP contribution in [0.15, 0.2) is 59.9 Å². The van der Waals surface area contributed by atoms with Gasteiger partial charge in [0.05, 0.1) is 0 Å². The molecule has 2 nitrogen and oxygen atoms in total. The maximum Gasteiger partial charge on any atom is 0.0398 e. The second kappa shape index (κ2) is 8.68. The number of unbranched alkanes of at least 4 members (excludes halogenated alkanes) is 2. The average Bonchev–Trinajstić information content (AvgIpc) is 3.34. The number of hydrogen-bond donors (Lipinski definition) is 0. The van der Waals surface area contributed by atoms with E-state index in [9.17, 15) is 0 Å². The van der Waals surface area contributed by atoms with E-state index in [0.717, 1.165) is 25.9 Å². The molecular weight excluding hydrogens is 340 g/mol. The van der Waals surface area contributed by atoms with Gasteiger partial charge in [0, 0.05) is 37.3 Å². The lowest BCUT2D eigenvalue weighted by atomic mass is 10.1. The smallest absolute Gasteiger partial charge is 0.0398 e. The Morgan fingerprint density at radius 1 is 0.643 bits per heavy atom. The third-order valence-electron chi connectivity index (χ3n) is 5.90. The van der Waals surface area contributed by atoms with Crippen LogP contribution in [-0.4, -0.2) is 23.1 Å². The molecule has 2 aromatic rings. The minimum atomic E-state index is 1.04. The van der Waals surface area contributed by atoms with Crippen LogP contribution in [0, 0.1) is 0 Å². The summed E-state index contributed by atoms with van der Waals surface area (Å²) in [5.41, 5.74) is 8.58. The number of nitrogens with zero attached hydrogens (tertiary/aromatic N) is 2. The fraction of sp³-hybridized carbons (Fsp3) is 0.385. The molecule has 0 fully saturated rings. The Morgan fingerprint density at radius 2 is 1.07 bits per heavy atom. The van der Waals surface area contributed by atoms with Crippen molar-refractivity contribution >= 4 is 12.2 Å². The van der Waals surface area contributed by atoms with Crippen LogP contribution < -0.4 is 0 Å². The van der Waals surface area contributed by atoms with Gasteiger partial charge in [0.15, 0.2) is 0 Å². The van der Waals surface area contributed by atoms with Crippen LogP contribution in [0.1, 0.15) is 61.8 Å². The van der Waals surface area contributed by atoms with Gasteiger partial charge in [-0.25, -0.2) is 0 Å². The summed E-state index contributed by atoms with van der Waals surface area (Å²) in [6, 6.07) is 17.7. The van der Waals surface area contributed by atoms with Gasteiger partial charge in [0.25, 0.3) is 0 Å². The number of hydrazine groups is 1. The predicted octanol–water partition coefficient (Wildman–Crippen LogP) is 6.30. The van der Waals surface area contributed by atoms with Crippen molar-refractivity contribution in [3.63, 3.8) is 0 Å². The van der Waals surface area contributed by atoms with Gasteiger partial charge in [0.1, 0.15) is 0 Å². The molecule has 0 heterocycles. The van der Waals surface area contributed by atoms with Gasteiger partial charge in [-0.15, -0.1) is 0 Å². The average molecular weight is 373 g/mol. The molecule has 0 unspecified atom stereocenters. The van der Waals surface area contributed by atoms with E-state index in [2.05, 4.69) is 84.5 Å². The molecule has 0 spiro atoms. The molecule has 0 amide bonds. The molecule has 4 rings (SSSR count). The molecule has 0 atom stereocenters. The lowest BCUT2D eigenvalue weighted by Crippen LogP contribution is -2.42. The number of allylic oxidation sites excluding steroid dienone is 2. The Labute approximate surface area is 170 Å². The third-order valence-corrected chi connectivity index (χ3v) is 5.90. The Kier molecular flexibility index (Phi) is 5.85. The topological polar surface area (TPSA) is 6.48 Å².